The molecule has 1 N–H and O–H groups in total. The third-order valence-corrected chi connectivity index (χ3v) is 10.9. The molecule has 0 aromatic heterocycles. The van der Waals surface area contributed by atoms with Crippen LogP contribution in [0.3, 0.4) is 0 Å². The van der Waals surface area contributed by atoms with Crippen LogP contribution < -0.4 is 5.09 Å². The third kappa shape index (κ3) is 4.70. The van der Waals surface area contributed by atoms with E-state index in [2.05, 4.69) is 88.3 Å². The lowest BCUT2D eigenvalue weighted by Crippen LogP contribution is -2.55. The molecule has 1 aromatic rings. The summed E-state index contributed by atoms with van der Waals surface area (Å²) in [7, 11) is -1.60. The van der Waals surface area contributed by atoms with Crippen LogP contribution >= 0.6 is 0 Å². The van der Waals surface area contributed by atoms with Crippen LogP contribution in [-0.4, -0.2) is 14.5 Å². The smallest absolute Gasteiger partial charge is 0.181 e. The van der Waals surface area contributed by atoms with Gasteiger partial charge in [0.2, 0.25) is 0 Å². The van der Waals surface area contributed by atoms with Gasteiger partial charge < -0.3 is 5.09 Å². The zero-order valence-corrected chi connectivity index (χ0v) is 15.6. The molecule has 2 nitrogen and oxygen atoms in total. The lowest BCUT2D eigenvalue weighted by Gasteiger charge is -2.41. The van der Waals surface area contributed by atoms with E-state index >= 15 is 0 Å². The van der Waals surface area contributed by atoms with E-state index in [1.54, 1.807) is 0 Å². The van der Waals surface area contributed by atoms with Gasteiger partial charge in [-0.25, -0.2) is 5.10 Å². The van der Waals surface area contributed by atoms with Gasteiger partial charge in [0.1, 0.15) is 0 Å². The van der Waals surface area contributed by atoms with E-state index in [1.165, 1.54) is 5.56 Å². The number of nitrogens with zero attached hydrogens (tertiary/aromatic N) is 1. The Labute approximate surface area is 132 Å². The fourth-order valence-electron chi connectivity index (χ4n) is 3.49. The van der Waals surface area contributed by atoms with Crippen molar-refractivity contribution in [2.24, 2.45) is 5.10 Å². The maximum atomic E-state index is 4.61. The highest BCUT2D eigenvalue weighted by molar-refractivity contribution is 6.81. The van der Waals surface area contributed by atoms with E-state index in [9.17, 15) is 0 Å². The summed E-state index contributed by atoms with van der Waals surface area (Å²) < 4.78 is 0. The second-order valence-corrected chi connectivity index (χ2v) is 12.4. The number of aryl methyl sites for hydroxylation is 1. The van der Waals surface area contributed by atoms with Crippen LogP contribution in [0.15, 0.2) is 35.4 Å². The highest BCUT2D eigenvalue weighted by Crippen LogP contribution is 2.38. The summed E-state index contributed by atoms with van der Waals surface area (Å²) >= 11 is 0. The first-order valence-electron chi connectivity index (χ1n) is 8.23. The van der Waals surface area contributed by atoms with Gasteiger partial charge in [0.05, 0.1) is 0 Å². The Morgan fingerprint density at radius 3 is 1.95 bits per heavy atom. The minimum Gasteiger partial charge on any atom is -0.336 e. The Morgan fingerprint density at radius 2 is 1.48 bits per heavy atom. The van der Waals surface area contributed by atoms with Gasteiger partial charge >= 0.3 is 0 Å². The lowest BCUT2D eigenvalue weighted by atomic mass is 10.1. The van der Waals surface area contributed by atoms with Crippen molar-refractivity contribution in [2.75, 3.05) is 0 Å². The maximum absolute atomic E-state index is 4.61. The molecular formula is C18H32N2Si. The number of hydrogen-bond acceptors (Lipinski definition) is 2. The number of nitrogens with one attached hydrogen (secondary N) is 1. The molecular weight excluding hydrogens is 272 g/mol. The Kier molecular flexibility index (Phi) is 7.16. The number of hydrogen-bond donors (Lipinski definition) is 1. The topological polar surface area (TPSA) is 24.4 Å². The minimum atomic E-state index is -1.60. The van der Waals surface area contributed by atoms with E-state index in [1.807, 2.05) is 0 Å². The lowest BCUT2D eigenvalue weighted by molar-refractivity contribution is 0.748. The van der Waals surface area contributed by atoms with Gasteiger partial charge in [-0.3, -0.25) is 0 Å². The number of benzene rings is 1. The van der Waals surface area contributed by atoms with Crippen LogP contribution in [-0.2, 0) is 6.42 Å². The fourth-order valence-corrected chi connectivity index (χ4v) is 8.57. The molecule has 0 aliphatic rings. The van der Waals surface area contributed by atoms with Crippen molar-refractivity contribution in [1.29, 1.82) is 0 Å². The monoisotopic (exact) mass is 304 g/mol. The molecule has 0 saturated heterocycles. The van der Waals surface area contributed by atoms with Gasteiger partial charge in [0.25, 0.3) is 0 Å². The molecule has 0 atom stereocenters. The third-order valence-electron chi connectivity index (χ3n) is 4.62. The van der Waals surface area contributed by atoms with E-state index in [0.717, 1.165) is 12.8 Å². The Balaban J connectivity index is 2.59. The maximum Gasteiger partial charge on any atom is 0.181 e. The van der Waals surface area contributed by atoms with E-state index in [0.29, 0.717) is 16.6 Å². The molecule has 1 rings (SSSR count). The normalized spacial score (nSPS) is 12.8. The number of rotatable bonds is 8. The van der Waals surface area contributed by atoms with Gasteiger partial charge in [0.15, 0.2) is 8.24 Å². The zero-order valence-electron chi connectivity index (χ0n) is 14.6. The van der Waals surface area contributed by atoms with Crippen LogP contribution in [0.25, 0.3) is 0 Å². The van der Waals surface area contributed by atoms with Crippen molar-refractivity contribution in [3.63, 3.8) is 0 Å². The predicted octanol–water partition coefficient (Wildman–Crippen LogP) is 5.37. The summed E-state index contributed by atoms with van der Waals surface area (Å²) in [6, 6.07) is 10.6. The quantitative estimate of drug-likeness (QED) is 0.390. The average molecular weight is 305 g/mol. The van der Waals surface area contributed by atoms with Crippen molar-refractivity contribution in [3.05, 3.63) is 35.9 Å². The van der Waals surface area contributed by atoms with E-state index in [-0.39, 0.29) is 0 Å². The van der Waals surface area contributed by atoms with E-state index < -0.39 is 8.24 Å². The van der Waals surface area contributed by atoms with Crippen molar-refractivity contribution in [1.82, 2.24) is 5.09 Å². The predicted molar refractivity (Wildman–Crippen MR) is 97.4 cm³/mol. The fraction of sp³-hybridized carbons (Fsp3) is 0.611. The van der Waals surface area contributed by atoms with Gasteiger partial charge in [-0.05, 0) is 35.0 Å². The van der Waals surface area contributed by atoms with Crippen molar-refractivity contribution in [2.45, 2.75) is 71.0 Å². The average Bonchev–Trinajstić information content (AvgIpc) is 2.42. The first kappa shape index (κ1) is 18.0. The summed E-state index contributed by atoms with van der Waals surface area (Å²) in [5.41, 5.74) is 3.43. The first-order valence-corrected chi connectivity index (χ1v) is 10.5. The second kappa shape index (κ2) is 8.37. The molecule has 21 heavy (non-hydrogen) atoms. The zero-order chi connectivity index (χ0) is 15.9. The van der Waals surface area contributed by atoms with Crippen molar-refractivity contribution in [3.8, 4) is 0 Å². The largest absolute Gasteiger partial charge is 0.336 e. The van der Waals surface area contributed by atoms with Crippen LogP contribution in [0.4, 0.5) is 0 Å². The van der Waals surface area contributed by atoms with Crippen molar-refractivity contribution < 1.29 is 0 Å². The van der Waals surface area contributed by atoms with Crippen LogP contribution in [0.2, 0.25) is 16.6 Å². The molecule has 0 amide bonds. The summed E-state index contributed by atoms with van der Waals surface area (Å²) in [6.07, 6.45) is 4.11. The van der Waals surface area contributed by atoms with Gasteiger partial charge in [-0.15, -0.1) is 0 Å². The SMILES string of the molecule is CC(C)[Si](N/N=C/CCc1ccccc1)(C(C)C)C(C)C. The van der Waals surface area contributed by atoms with Gasteiger partial charge in [-0.1, -0.05) is 71.9 Å². The summed E-state index contributed by atoms with van der Waals surface area (Å²) in [6.45, 7) is 14.1. The Morgan fingerprint density at radius 1 is 0.952 bits per heavy atom. The van der Waals surface area contributed by atoms with E-state index in [4.69, 9.17) is 0 Å². The molecule has 3 heteroatoms. The molecule has 0 aliphatic carbocycles. The molecule has 1 aromatic carbocycles. The number of hydrazone groups is 1. The van der Waals surface area contributed by atoms with Gasteiger partial charge in [0, 0.05) is 6.21 Å². The minimum absolute atomic E-state index is 0.684. The molecule has 0 aliphatic heterocycles. The molecule has 0 bridgehead atoms. The summed E-state index contributed by atoms with van der Waals surface area (Å²) in [5, 5.41) is 8.24. The molecule has 118 valence electrons. The standard InChI is InChI=1S/C18H32N2Si/c1-15(2)21(16(3)4,17(5)6)20-19-14-10-13-18-11-8-7-9-12-18/h7-9,11-12,14-17,20H,10,13H2,1-6H3/b19-14+. The molecule has 0 fully saturated rings. The molecule has 0 radical (unpaired) electrons. The van der Waals surface area contributed by atoms with Crippen LogP contribution in [0.1, 0.15) is 53.5 Å². The van der Waals surface area contributed by atoms with Crippen LogP contribution in [0, 0.1) is 0 Å². The second-order valence-electron chi connectivity index (χ2n) is 6.84. The first-order chi connectivity index (χ1) is 9.91. The highest BCUT2D eigenvalue weighted by Gasteiger charge is 2.43. The van der Waals surface area contributed by atoms with Gasteiger partial charge in [-0.2, -0.15) is 0 Å². The molecule has 0 heterocycles. The Bertz CT molecular complexity index is 402. The summed E-state index contributed by atoms with van der Waals surface area (Å²) in [4.78, 5) is 0. The molecule has 0 unspecified atom stereocenters. The Hall–Kier alpha value is -1.09. The molecule has 0 spiro atoms. The van der Waals surface area contributed by atoms with Crippen LogP contribution in [0.5, 0.6) is 0 Å². The van der Waals surface area contributed by atoms with Crippen molar-refractivity contribution >= 4 is 14.5 Å². The molecule has 0 saturated carbocycles. The highest BCUT2D eigenvalue weighted by atomic mass is 28.3. The summed E-state index contributed by atoms with van der Waals surface area (Å²) in [5.74, 6) is 0.